The number of rotatable bonds is 6. The third-order valence-electron chi connectivity index (χ3n) is 2.90. The number of nitrogens with one attached hydrogen (secondary N) is 1. The summed E-state index contributed by atoms with van der Waals surface area (Å²) in [6.45, 7) is 0.0202. The molecule has 0 fully saturated rings. The number of hydrogen-bond donors (Lipinski definition) is 1. The second-order valence-electron chi connectivity index (χ2n) is 4.49. The lowest BCUT2D eigenvalue weighted by Gasteiger charge is -2.09. The number of carbonyl (C=O) groups is 1. The average Bonchev–Trinajstić information content (AvgIpc) is 2.52. The first-order valence-corrected chi connectivity index (χ1v) is 6.56. The van der Waals surface area contributed by atoms with Gasteiger partial charge in [0.05, 0.1) is 7.11 Å². The van der Waals surface area contributed by atoms with Crippen LogP contribution in [0.3, 0.4) is 0 Å². The van der Waals surface area contributed by atoms with E-state index in [1.54, 1.807) is 12.1 Å². The predicted octanol–water partition coefficient (Wildman–Crippen LogP) is 2.67. The standard InChI is InChI=1S/C16H15F2NO3/c1-21-15-7-6-13(8-14(15)18)22-10-16(20)19-9-11-2-4-12(17)5-3-11/h2-8H,9-10H2,1H3,(H,19,20). The summed E-state index contributed by atoms with van der Waals surface area (Å²) < 4.78 is 36.1. The van der Waals surface area contributed by atoms with E-state index in [9.17, 15) is 13.6 Å². The average molecular weight is 307 g/mol. The van der Waals surface area contributed by atoms with E-state index in [4.69, 9.17) is 9.47 Å². The van der Waals surface area contributed by atoms with Crippen LogP contribution in [0.1, 0.15) is 5.56 Å². The minimum absolute atomic E-state index is 0.105. The Morgan fingerprint density at radius 3 is 2.50 bits per heavy atom. The van der Waals surface area contributed by atoms with Crippen LogP contribution in [-0.4, -0.2) is 19.6 Å². The Morgan fingerprint density at radius 2 is 1.86 bits per heavy atom. The van der Waals surface area contributed by atoms with Crippen LogP contribution >= 0.6 is 0 Å². The molecule has 1 N–H and O–H groups in total. The Balaban J connectivity index is 1.80. The summed E-state index contributed by atoms with van der Waals surface area (Å²) in [5, 5.41) is 2.62. The lowest BCUT2D eigenvalue weighted by atomic mass is 10.2. The molecule has 0 unspecified atom stereocenters. The van der Waals surface area contributed by atoms with Crippen LogP contribution in [0, 0.1) is 11.6 Å². The second-order valence-corrected chi connectivity index (χ2v) is 4.49. The highest BCUT2D eigenvalue weighted by atomic mass is 19.1. The van der Waals surface area contributed by atoms with Gasteiger partial charge in [0, 0.05) is 12.6 Å². The molecule has 0 aliphatic rings. The van der Waals surface area contributed by atoms with Crippen molar-refractivity contribution >= 4 is 5.91 Å². The van der Waals surface area contributed by atoms with Crippen LogP contribution in [0.25, 0.3) is 0 Å². The molecule has 0 radical (unpaired) electrons. The van der Waals surface area contributed by atoms with Crippen molar-refractivity contribution in [1.29, 1.82) is 0 Å². The van der Waals surface area contributed by atoms with E-state index >= 15 is 0 Å². The van der Waals surface area contributed by atoms with Crippen molar-refractivity contribution in [3.8, 4) is 11.5 Å². The van der Waals surface area contributed by atoms with Gasteiger partial charge in [0.15, 0.2) is 18.2 Å². The van der Waals surface area contributed by atoms with Crippen LogP contribution in [0.2, 0.25) is 0 Å². The molecule has 0 saturated carbocycles. The molecule has 22 heavy (non-hydrogen) atoms. The van der Waals surface area contributed by atoms with Crippen molar-refractivity contribution in [2.45, 2.75) is 6.54 Å². The van der Waals surface area contributed by atoms with Gasteiger partial charge in [-0.05, 0) is 29.8 Å². The van der Waals surface area contributed by atoms with Gasteiger partial charge >= 0.3 is 0 Å². The van der Waals surface area contributed by atoms with Crippen molar-refractivity contribution in [2.24, 2.45) is 0 Å². The maximum Gasteiger partial charge on any atom is 0.258 e. The molecule has 2 aromatic carbocycles. The van der Waals surface area contributed by atoms with E-state index in [2.05, 4.69) is 5.32 Å². The first-order valence-electron chi connectivity index (χ1n) is 6.56. The smallest absolute Gasteiger partial charge is 0.258 e. The van der Waals surface area contributed by atoms with Crippen LogP contribution in [0.15, 0.2) is 42.5 Å². The highest BCUT2D eigenvalue weighted by Crippen LogP contribution is 2.21. The zero-order valence-electron chi connectivity index (χ0n) is 11.9. The first-order chi connectivity index (χ1) is 10.6. The number of ether oxygens (including phenoxy) is 2. The van der Waals surface area contributed by atoms with Crippen molar-refractivity contribution in [3.05, 3.63) is 59.7 Å². The number of methoxy groups -OCH3 is 1. The van der Waals surface area contributed by atoms with E-state index in [1.165, 1.54) is 31.4 Å². The zero-order valence-corrected chi connectivity index (χ0v) is 11.9. The Hall–Kier alpha value is -2.63. The molecule has 0 bridgehead atoms. The molecule has 0 aliphatic heterocycles. The Morgan fingerprint density at radius 1 is 1.14 bits per heavy atom. The van der Waals surface area contributed by atoms with E-state index < -0.39 is 5.82 Å². The maximum atomic E-state index is 13.4. The number of halogens is 2. The number of carbonyl (C=O) groups excluding carboxylic acids is 1. The normalized spacial score (nSPS) is 10.1. The molecule has 0 heterocycles. The van der Waals surface area contributed by atoms with Gasteiger partial charge in [-0.25, -0.2) is 8.78 Å². The fourth-order valence-electron chi connectivity index (χ4n) is 1.74. The summed E-state index contributed by atoms with van der Waals surface area (Å²) >= 11 is 0. The number of amides is 1. The summed E-state index contributed by atoms with van der Waals surface area (Å²) in [6, 6.07) is 9.86. The Labute approximate surface area is 126 Å². The molecule has 116 valence electrons. The van der Waals surface area contributed by atoms with E-state index in [-0.39, 0.29) is 36.4 Å². The molecule has 2 rings (SSSR count). The molecule has 0 atom stereocenters. The molecule has 2 aromatic rings. The minimum atomic E-state index is -0.563. The molecular formula is C16H15F2NO3. The van der Waals surface area contributed by atoms with Gasteiger partial charge in [-0.2, -0.15) is 0 Å². The largest absolute Gasteiger partial charge is 0.494 e. The van der Waals surface area contributed by atoms with Gasteiger partial charge in [0.1, 0.15) is 11.6 Å². The summed E-state index contributed by atoms with van der Waals surface area (Å²) in [4.78, 5) is 11.6. The number of benzene rings is 2. The minimum Gasteiger partial charge on any atom is -0.494 e. The van der Waals surface area contributed by atoms with Gasteiger partial charge in [-0.15, -0.1) is 0 Å². The van der Waals surface area contributed by atoms with Crippen LogP contribution in [0.4, 0.5) is 8.78 Å². The van der Waals surface area contributed by atoms with E-state index in [1.807, 2.05) is 0 Å². The molecule has 0 saturated heterocycles. The SMILES string of the molecule is COc1ccc(OCC(=O)NCc2ccc(F)cc2)cc1F. The fourth-order valence-corrected chi connectivity index (χ4v) is 1.74. The Kier molecular flexibility index (Phi) is 5.30. The fraction of sp³-hybridized carbons (Fsp3) is 0.188. The highest BCUT2D eigenvalue weighted by Gasteiger charge is 2.07. The monoisotopic (exact) mass is 307 g/mol. The Bertz CT molecular complexity index is 644. The molecule has 6 heteroatoms. The van der Waals surface area contributed by atoms with Crippen molar-refractivity contribution < 1.29 is 23.0 Å². The third kappa shape index (κ3) is 4.44. The molecule has 1 amide bonds. The van der Waals surface area contributed by atoms with Gasteiger partial charge in [0.25, 0.3) is 5.91 Å². The quantitative estimate of drug-likeness (QED) is 0.892. The van der Waals surface area contributed by atoms with Gasteiger partial charge in [0.2, 0.25) is 0 Å². The van der Waals surface area contributed by atoms with Crippen molar-refractivity contribution in [2.75, 3.05) is 13.7 Å². The van der Waals surface area contributed by atoms with Crippen LogP contribution in [0.5, 0.6) is 11.5 Å². The predicted molar refractivity (Wildman–Crippen MR) is 76.7 cm³/mol. The lowest BCUT2D eigenvalue weighted by molar-refractivity contribution is -0.123. The molecular weight excluding hydrogens is 292 g/mol. The van der Waals surface area contributed by atoms with Crippen LogP contribution < -0.4 is 14.8 Å². The van der Waals surface area contributed by atoms with Crippen LogP contribution in [-0.2, 0) is 11.3 Å². The van der Waals surface area contributed by atoms with E-state index in [0.29, 0.717) is 0 Å². The van der Waals surface area contributed by atoms with Gasteiger partial charge in [-0.1, -0.05) is 12.1 Å². The summed E-state index contributed by atoms with van der Waals surface area (Å²) in [5.41, 5.74) is 0.769. The third-order valence-corrected chi connectivity index (χ3v) is 2.90. The van der Waals surface area contributed by atoms with Crippen molar-refractivity contribution in [3.63, 3.8) is 0 Å². The zero-order chi connectivity index (χ0) is 15.9. The summed E-state index contributed by atoms with van der Waals surface area (Å²) in [5.74, 6) is -0.921. The van der Waals surface area contributed by atoms with E-state index in [0.717, 1.165) is 11.6 Å². The van der Waals surface area contributed by atoms with Gasteiger partial charge < -0.3 is 14.8 Å². The van der Waals surface area contributed by atoms with Crippen molar-refractivity contribution in [1.82, 2.24) is 5.32 Å². The lowest BCUT2D eigenvalue weighted by Crippen LogP contribution is -2.28. The molecule has 0 aromatic heterocycles. The van der Waals surface area contributed by atoms with Gasteiger partial charge in [-0.3, -0.25) is 4.79 Å². The summed E-state index contributed by atoms with van der Waals surface area (Å²) in [7, 11) is 1.36. The number of hydrogen-bond acceptors (Lipinski definition) is 3. The molecule has 4 nitrogen and oxygen atoms in total. The summed E-state index contributed by atoms with van der Waals surface area (Å²) in [6.07, 6.45) is 0. The maximum absolute atomic E-state index is 13.4. The molecule has 0 spiro atoms. The molecule has 0 aliphatic carbocycles. The highest BCUT2D eigenvalue weighted by molar-refractivity contribution is 5.77. The first kappa shape index (κ1) is 15.8. The topological polar surface area (TPSA) is 47.6 Å². The second kappa shape index (κ2) is 7.40.